The Balaban J connectivity index is 1.47. The van der Waals surface area contributed by atoms with Crippen LogP contribution >= 0.6 is 23.4 Å². The van der Waals surface area contributed by atoms with Crippen molar-refractivity contribution in [3.63, 3.8) is 0 Å². The number of benzene rings is 3. The summed E-state index contributed by atoms with van der Waals surface area (Å²) >= 11 is 6.94. The average Bonchev–Trinajstić information content (AvgIpc) is 3.08. The minimum absolute atomic E-state index is 0.133. The van der Waals surface area contributed by atoms with Gasteiger partial charge < -0.3 is 10.1 Å². The molecule has 0 bridgehead atoms. The summed E-state index contributed by atoms with van der Waals surface area (Å²) in [5, 5.41) is 11.7. The monoisotopic (exact) mass is 463 g/mol. The lowest BCUT2D eigenvalue weighted by molar-refractivity contribution is -0.118. The number of thioether (sulfide) groups is 1. The summed E-state index contributed by atoms with van der Waals surface area (Å²) in [5.74, 6) is -0.135. The van der Waals surface area contributed by atoms with Gasteiger partial charge in [0.05, 0.1) is 10.6 Å². The van der Waals surface area contributed by atoms with E-state index < -0.39 is 0 Å². The summed E-state index contributed by atoms with van der Waals surface area (Å²) in [4.78, 5) is 26.9. The minimum atomic E-state index is -0.321. The van der Waals surface area contributed by atoms with Gasteiger partial charge in [-0.2, -0.15) is 0 Å². The molecule has 0 unspecified atom stereocenters. The average molecular weight is 464 g/mol. The van der Waals surface area contributed by atoms with Crippen LogP contribution in [0.1, 0.15) is 5.56 Å². The van der Waals surface area contributed by atoms with Gasteiger partial charge in [-0.1, -0.05) is 48.0 Å². The molecule has 0 aromatic heterocycles. The van der Waals surface area contributed by atoms with Gasteiger partial charge in [-0.25, -0.2) is 0 Å². The van der Waals surface area contributed by atoms with Gasteiger partial charge in [-0.05, 0) is 60.3 Å². The number of nitrogens with one attached hydrogen (secondary N) is 2. The summed E-state index contributed by atoms with van der Waals surface area (Å²) in [6, 6.07) is 23.0. The van der Waals surface area contributed by atoms with Crippen LogP contribution in [0.15, 0.2) is 83.8 Å². The van der Waals surface area contributed by atoms with E-state index in [1.165, 1.54) is 4.90 Å². The van der Waals surface area contributed by atoms with Crippen molar-refractivity contribution < 1.29 is 14.3 Å². The molecule has 0 radical (unpaired) electrons. The lowest BCUT2D eigenvalue weighted by atomic mass is 10.2. The number of hydrogen-bond donors (Lipinski definition) is 2. The molecule has 2 amide bonds. The Labute approximate surface area is 194 Å². The van der Waals surface area contributed by atoms with Crippen molar-refractivity contribution in [2.45, 2.75) is 0 Å². The highest BCUT2D eigenvalue weighted by molar-refractivity contribution is 8.19. The van der Waals surface area contributed by atoms with Crippen molar-refractivity contribution in [1.82, 2.24) is 0 Å². The predicted molar refractivity (Wildman–Crippen MR) is 129 cm³/mol. The zero-order chi connectivity index (χ0) is 22.5. The van der Waals surface area contributed by atoms with Crippen LogP contribution in [0.25, 0.3) is 6.08 Å². The normalized spacial score (nSPS) is 14.7. The first kappa shape index (κ1) is 21.7. The first-order valence-electron chi connectivity index (χ1n) is 9.66. The number of ether oxygens (including phenoxy) is 1. The Morgan fingerprint density at radius 1 is 1.03 bits per heavy atom. The van der Waals surface area contributed by atoms with E-state index >= 15 is 0 Å². The molecule has 0 saturated carbocycles. The molecule has 0 aliphatic carbocycles. The molecule has 6 nitrogen and oxygen atoms in total. The Morgan fingerprint density at radius 2 is 1.72 bits per heavy atom. The van der Waals surface area contributed by atoms with Crippen LogP contribution in [0.5, 0.6) is 5.75 Å². The maximum Gasteiger partial charge on any atom is 0.271 e. The second kappa shape index (κ2) is 9.72. The fraction of sp³-hybridized carbons (Fsp3) is 0.0417. The predicted octanol–water partition coefficient (Wildman–Crippen LogP) is 5.41. The van der Waals surface area contributed by atoms with Gasteiger partial charge in [0.15, 0.2) is 11.8 Å². The van der Waals surface area contributed by atoms with Crippen molar-refractivity contribution in [2.75, 3.05) is 16.8 Å². The molecule has 1 aliphatic rings. The summed E-state index contributed by atoms with van der Waals surface area (Å²) in [5.41, 5.74) is 1.90. The molecule has 1 saturated heterocycles. The van der Waals surface area contributed by atoms with E-state index in [1.54, 1.807) is 60.7 Å². The van der Waals surface area contributed by atoms with Crippen LogP contribution < -0.4 is 15.0 Å². The molecule has 0 spiro atoms. The molecule has 4 rings (SSSR count). The molecule has 1 fully saturated rings. The lowest BCUT2D eigenvalue weighted by Gasteiger charge is -2.13. The van der Waals surface area contributed by atoms with Crippen LogP contribution in [-0.4, -0.2) is 23.6 Å². The van der Waals surface area contributed by atoms with E-state index in [4.69, 9.17) is 21.7 Å². The van der Waals surface area contributed by atoms with E-state index in [9.17, 15) is 9.59 Å². The van der Waals surface area contributed by atoms with Crippen LogP contribution in [-0.2, 0) is 9.59 Å². The number of anilines is 2. The molecule has 0 atom stereocenters. The maximum absolute atomic E-state index is 12.9. The molecule has 160 valence electrons. The van der Waals surface area contributed by atoms with Crippen LogP contribution in [0, 0.1) is 5.41 Å². The number of amides is 2. The Morgan fingerprint density at radius 3 is 2.47 bits per heavy atom. The molecular weight excluding hydrogens is 446 g/mol. The van der Waals surface area contributed by atoms with Crippen LogP contribution in [0.2, 0.25) is 5.02 Å². The molecule has 32 heavy (non-hydrogen) atoms. The van der Waals surface area contributed by atoms with Crippen molar-refractivity contribution in [2.24, 2.45) is 0 Å². The van der Waals surface area contributed by atoms with Gasteiger partial charge in [-0.15, -0.1) is 0 Å². The Hall–Kier alpha value is -3.55. The van der Waals surface area contributed by atoms with E-state index in [2.05, 4.69) is 5.32 Å². The highest BCUT2D eigenvalue weighted by Crippen LogP contribution is 2.36. The zero-order valence-electron chi connectivity index (χ0n) is 16.7. The van der Waals surface area contributed by atoms with Gasteiger partial charge in [0.25, 0.3) is 11.8 Å². The van der Waals surface area contributed by atoms with Crippen molar-refractivity contribution >= 4 is 57.8 Å². The van der Waals surface area contributed by atoms with Gasteiger partial charge in [0, 0.05) is 16.3 Å². The summed E-state index contributed by atoms with van der Waals surface area (Å²) in [6.07, 6.45) is 1.68. The number of amidine groups is 1. The number of rotatable bonds is 6. The first-order valence-corrected chi connectivity index (χ1v) is 10.9. The summed E-state index contributed by atoms with van der Waals surface area (Å²) in [7, 11) is 0. The number of carbonyl (C=O) groups excluding carboxylic acids is 2. The highest BCUT2D eigenvalue weighted by Gasteiger charge is 2.33. The SMILES string of the molecule is N=C1S/C(=C\c2ccccc2OCC(=O)Nc2ccc(Cl)cc2)C(=O)N1c1ccccc1. The number of halogens is 1. The molecule has 3 aromatic rings. The Kier molecular flexibility index (Phi) is 6.58. The van der Waals surface area contributed by atoms with Crippen LogP contribution in [0.3, 0.4) is 0 Å². The lowest BCUT2D eigenvalue weighted by Crippen LogP contribution is -2.27. The third kappa shape index (κ3) is 5.01. The standard InChI is InChI=1S/C24H18ClN3O3S/c25-17-10-12-18(13-11-17)27-22(29)15-31-20-9-5-4-6-16(20)14-21-23(30)28(24(26)32-21)19-7-2-1-3-8-19/h1-14,26H,15H2,(H,27,29)/b21-14-,26-24?. The maximum atomic E-state index is 12.9. The molecular formula is C24H18ClN3O3S. The van der Waals surface area contributed by atoms with E-state index in [0.717, 1.165) is 11.8 Å². The molecule has 1 aliphatic heterocycles. The van der Waals surface area contributed by atoms with Gasteiger partial charge in [0.2, 0.25) is 0 Å². The van der Waals surface area contributed by atoms with Crippen molar-refractivity contribution in [1.29, 1.82) is 5.41 Å². The molecule has 1 heterocycles. The topological polar surface area (TPSA) is 82.5 Å². The quantitative estimate of drug-likeness (QED) is 0.478. The molecule has 2 N–H and O–H groups in total. The van der Waals surface area contributed by atoms with Gasteiger partial charge in [-0.3, -0.25) is 19.9 Å². The third-order valence-corrected chi connectivity index (χ3v) is 5.67. The van der Waals surface area contributed by atoms with Crippen molar-refractivity contribution in [3.8, 4) is 5.75 Å². The number of hydrogen-bond acceptors (Lipinski definition) is 5. The van der Waals surface area contributed by atoms with E-state index in [-0.39, 0.29) is 23.6 Å². The molecule has 8 heteroatoms. The van der Waals surface area contributed by atoms with Crippen LogP contribution in [0.4, 0.5) is 11.4 Å². The van der Waals surface area contributed by atoms with E-state index in [1.807, 2.05) is 24.3 Å². The second-order valence-corrected chi connectivity index (χ2v) is 8.24. The van der Waals surface area contributed by atoms with Crippen molar-refractivity contribution in [3.05, 3.63) is 94.4 Å². The third-order valence-electron chi connectivity index (χ3n) is 4.53. The highest BCUT2D eigenvalue weighted by atomic mass is 35.5. The fourth-order valence-corrected chi connectivity index (χ4v) is 4.02. The van der Waals surface area contributed by atoms with E-state index in [0.29, 0.717) is 32.6 Å². The van der Waals surface area contributed by atoms with Gasteiger partial charge >= 0.3 is 0 Å². The zero-order valence-corrected chi connectivity index (χ0v) is 18.3. The minimum Gasteiger partial charge on any atom is -0.483 e. The number of para-hydroxylation sites is 2. The number of nitrogens with zero attached hydrogens (tertiary/aromatic N) is 1. The van der Waals surface area contributed by atoms with Gasteiger partial charge in [0.1, 0.15) is 5.75 Å². The first-order chi connectivity index (χ1) is 15.5. The largest absolute Gasteiger partial charge is 0.483 e. The Bertz CT molecular complexity index is 1200. The second-order valence-electron chi connectivity index (χ2n) is 6.77. The summed E-state index contributed by atoms with van der Waals surface area (Å²) < 4.78 is 5.71. The summed E-state index contributed by atoms with van der Waals surface area (Å²) in [6.45, 7) is -0.199. The smallest absolute Gasteiger partial charge is 0.271 e. The molecule has 3 aromatic carbocycles. The fourth-order valence-electron chi connectivity index (χ4n) is 3.04. The number of carbonyl (C=O) groups is 2.